The highest BCUT2D eigenvalue weighted by molar-refractivity contribution is 5.69. The number of nitrogens with one attached hydrogen (secondary N) is 1. The fraction of sp³-hybridized carbons (Fsp3) is 0.875. The molecule has 0 aliphatic rings. The van der Waals surface area contributed by atoms with Crippen molar-refractivity contribution < 1.29 is 33.7 Å². The quantitative estimate of drug-likeness (QED) is 0.331. The maximum Gasteiger partial charge on any atom is 0.410 e. The summed E-state index contributed by atoms with van der Waals surface area (Å²) in [4.78, 5) is 39.8. The number of aliphatic hydroxyl groups is 1. The van der Waals surface area contributed by atoms with Crippen molar-refractivity contribution in [1.82, 2.24) is 15.1 Å². The van der Waals surface area contributed by atoms with Gasteiger partial charge in [0, 0.05) is 32.7 Å². The van der Waals surface area contributed by atoms with Crippen LogP contribution in [0.2, 0.25) is 0 Å². The molecule has 0 aromatic carbocycles. The molecule has 0 radical (unpaired) electrons. The van der Waals surface area contributed by atoms with Crippen LogP contribution >= 0.6 is 0 Å². The summed E-state index contributed by atoms with van der Waals surface area (Å²) < 4.78 is 16.1. The van der Waals surface area contributed by atoms with Gasteiger partial charge in [0.25, 0.3) is 0 Å². The number of hydrogen-bond donors (Lipinski definition) is 2. The summed E-state index contributed by atoms with van der Waals surface area (Å²) in [6.07, 6.45) is 0.385. The lowest BCUT2D eigenvalue weighted by Crippen LogP contribution is -2.40. The monoisotopic (exact) mass is 489 g/mol. The molecule has 0 heterocycles. The maximum absolute atomic E-state index is 12.6. The van der Waals surface area contributed by atoms with Crippen molar-refractivity contribution in [2.75, 3.05) is 39.3 Å². The normalized spacial score (nSPS) is 12.1. The number of ether oxygens (including phenoxy) is 3. The molecule has 0 rings (SSSR count). The Hall–Kier alpha value is -2.23. The van der Waals surface area contributed by atoms with E-state index in [4.69, 9.17) is 14.2 Å². The van der Waals surface area contributed by atoms with Crippen LogP contribution in [0.15, 0.2) is 0 Å². The highest BCUT2D eigenvalue weighted by Gasteiger charge is 2.24. The van der Waals surface area contributed by atoms with Crippen molar-refractivity contribution in [2.45, 2.75) is 98.4 Å². The van der Waals surface area contributed by atoms with Crippen molar-refractivity contribution >= 4 is 18.3 Å². The molecule has 0 aromatic rings. The van der Waals surface area contributed by atoms with Crippen molar-refractivity contribution in [1.29, 1.82) is 0 Å². The van der Waals surface area contributed by atoms with Gasteiger partial charge < -0.3 is 34.4 Å². The minimum atomic E-state index is -0.626. The molecule has 200 valence electrons. The van der Waals surface area contributed by atoms with Crippen LogP contribution in [0, 0.1) is 0 Å². The number of alkyl carbamates (subject to hydrolysis) is 1. The Morgan fingerprint density at radius 1 is 0.647 bits per heavy atom. The zero-order chi connectivity index (χ0) is 26.6. The van der Waals surface area contributed by atoms with E-state index in [-0.39, 0.29) is 13.2 Å². The Morgan fingerprint density at radius 2 is 1.03 bits per heavy atom. The summed E-state index contributed by atoms with van der Waals surface area (Å²) in [6.45, 7) is 17.8. The number of hydrogen-bond acceptors (Lipinski definition) is 7. The summed E-state index contributed by atoms with van der Waals surface area (Å²) in [6, 6.07) is 0. The smallest absolute Gasteiger partial charge is 0.410 e. The summed E-state index contributed by atoms with van der Waals surface area (Å²) >= 11 is 0. The SMILES string of the molecule is CC(C)(C)OC(=O)NCCCN(CCCCN(CCO)C(=O)OC(C)(C)C)C(=O)OC(C)(C)C. The van der Waals surface area contributed by atoms with Gasteiger partial charge in [0.15, 0.2) is 0 Å². The molecule has 0 atom stereocenters. The second-order valence-corrected chi connectivity index (χ2v) is 11.1. The molecular weight excluding hydrogens is 442 g/mol. The lowest BCUT2D eigenvalue weighted by Gasteiger charge is -2.29. The highest BCUT2D eigenvalue weighted by atomic mass is 16.6. The van der Waals surface area contributed by atoms with Gasteiger partial charge in [0.2, 0.25) is 0 Å². The molecular formula is C24H47N3O7. The first kappa shape index (κ1) is 31.8. The molecule has 0 aromatic heterocycles. The van der Waals surface area contributed by atoms with Crippen LogP contribution in [-0.4, -0.2) is 89.3 Å². The topological polar surface area (TPSA) is 118 Å². The largest absolute Gasteiger partial charge is 0.444 e. The molecule has 2 N–H and O–H groups in total. The Kier molecular flexibility index (Phi) is 13.3. The zero-order valence-electron chi connectivity index (χ0n) is 22.7. The number of unbranched alkanes of at least 4 members (excludes halogenated alkanes) is 1. The molecule has 0 saturated heterocycles. The number of amides is 3. The van der Waals surface area contributed by atoms with E-state index in [2.05, 4.69) is 5.32 Å². The van der Waals surface area contributed by atoms with Crippen LogP contribution in [0.25, 0.3) is 0 Å². The molecule has 10 heteroatoms. The molecule has 0 fully saturated rings. The van der Waals surface area contributed by atoms with Crippen molar-refractivity contribution in [3.8, 4) is 0 Å². The van der Waals surface area contributed by atoms with Crippen LogP contribution in [0.4, 0.5) is 14.4 Å². The number of nitrogens with zero attached hydrogens (tertiary/aromatic N) is 2. The molecule has 0 aliphatic carbocycles. The van der Waals surface area contributed by atoms with Gasteiger partial charge in [0.1, 0.15) is 16.8 Å². The van der Waals surface area contributed by atoms with Crippen molar-refractivity contribution in [3.63, 3.8) is 0 Å². The van der Waals surface area contributed by atoms with Gasteiger partial charge in [-0.05, 0) is 81.6 Å². The van der Waals surface area contributed by atoms with Crippen LogP contribution in [0.5, 0.6) is 0 Å². The first-order valence-corrected chi connectivity index (χ1v) is 12.0. The van der Waals surface area contributed by atoms with E-state index in [0.717, 1.165) is 0 Å². The third-order valence-corrected chi connectivity index (χ3v) is 4.05. The lowest BCUT2D eigenvalue weighted by molar-refractivity contribution is 0.0190. The summed E-state index contributed by atoms with van der Waals surface area (Å²) in [5, 5.41) is 12.0. The molecule has 0 saturated carbocycles. The van der Waals surface area contributed by atoms with Gasteiger partial charge in [0.05, 0.1) is 6.61 Å². The molecule has 34 heavy (non-hydrogen) atoms. The minimum Gasteiger partial charge on any atom is -0.444 e. The van der Waals surface area contributed by atoms with Gasteiger partial charge in [-0.3, -0.25) is 0 Å². The highest BCUT2D eigenvalue weighted by Crippen LogP contribution is 2.13. The number of aliphatic hydroxyl groups excluding tert-OH is 1. The van der Waals surface area contributed by atoms with E-state index in [9.17, 15) is 19.5 Å². The zero-order valence-corrected chi connectivity index (χ0v) is 22.7. The van der Waals surface area contributed by atoms with E-state index in [1.165, 1.54) is 4.90 Å². The molecule has 10 nitrogen and oxygen atoms in total. The summed E-state index contributed by atoms with van der Waals surface area (Å²) in [5.74, 6) is 0. The van der Waals surface area contributed by atoms with E-state index in [1.54, 1.807) is 67.2 Å². The first-order chi connectivity index (χ1) is 15.4. The van der Waals surface area contributed by atoms with Crippen LogP contribution in [-0.2, 0) is 14.2 Å². The standard InChI is InChI=1S/C24H47N3O7/c1-22(2,3)32-19(29)25-13-12-16-26(20(30)33-23(4,5)6)14-10-11-15-27(17-18-28)21(31)34-24(7,8)9/h28H,10-18H2,1-9H3,(H,25,29). The second kappa shape index (κ2) is 14.2. The van der Waals surface area contributed by atoms with Gasteiger partial charge in [-0.1, -0.05) is 0 Å². The van der Waals surface area contributed by atoms with Crippen LogP contribution < -0.4 is 5.32 Å². The van der Waals surface area contributed by atoms with E-state index >= 15 is 0 Å². The number of rotatable bonds is 11. The first-order valence-electron chi connectivity index (χ1n) is 12.0. The van der Waals surface area contributed by atoms with E-state index < -0.39 is 35.1 Å². The third-order valence-electron chi connectivity index (χ3n) is 4.05. The van der Waals surface area contributed by atoms with Crippen LogP contribution in [0.1, 0.15) is 81.6 Å². The molecule has 0 bridgehead atoms. The Morgan fingerprint density at radius 3 is 1.41 bits per heavy atom. The Bertz CT molecular complexity index is 634. The maximum atomic E-state index is 12.6. The van der Waals surface area contributed by atoms with E-state index in [0.29, 0.717) is 45.4 Å². The van der Waals surface area contributed by atoms with Gasteiger partial charge in [-0.15, -0.1) is 0 Å². The fourth-order valence-electron chi connectivity index (χ4n) is 2.74. The molecule has 0 aliphatic heterocycles. The average molecular weight is 490 g/mol. The minimum absolute atomic E-state index is 0.159. The lowest BCUT2D eigenvalue weighted by atomic mass is 10.2. The fourth-order valence-corrected chi connectivity index (χ4v) is 2.74. The summed E-state index contributed by atoms with van der Waals surface area (Å²) in [7, 11) is 0. The number of carbonyl (C=O) groups excluding carboxylic acids is 3. The molecule has 0 unspecified atom stereocenters. The Balaban J connectivity index is 4.76. The van der Waals surface area contributed by atoms with Crippen molar-refractivity contribution in [3.05, 3.63) is 0 Å². The Labute approximate surface area is 205 Å². The second-order valence-electron chi connectivity index (χ2n) is 11.1. The summed E-state index contributed by atoms with van der Waals surface area (Å²) in [5.41, 5.74) is -1.82. The average Bonchev–Trinajstić information content (AvgIpc) is 2.61. The molecule has 0 spiro atoms. The van der Waals surface area contributed by atoms with Crippen molar-refractivity contribution in [2.24, 2.45) is 0 Å². The number of carbonyl (C=O) groups is 3. The van der Waals surface area contributed by atoms with Gasteiger partial charge in [-0.2, -0.15) is 0 Å². The van der Waals surface area contributed by atoms with Gasteiger partial charge in [-0.25, -0.2) is 14.4 Å². The van der Waals surface area contributed by atoms with E-state index in [1.807, 2.05) is 0 Å². The van der Waals surface area contributed by atoms with Crippen LogP contribution in [0.3, 0.4) is 0 Å². The third kappa shape index (κ3) is 17.3. The van der Waals surface area contributed by atoms with Gasteiger partial charge >= 0.3 is 18.3 Å². The molecule has 3 amide bonds. The predicted molar refractivity (Wildman–Crippen MR) is 131 cm³/mol. The predicted octanol–water partition coefficient (Wildman–Crippen LogP) is 4.15.